The zero-order chi connectivity index (χ0) is 25.3. The zero-order valence-corrected chi connectivity index (χ0v) is 22.4. The van der Waals surface area contributed by atoms with E-state index in [4.69, 9.17) is 14.2 Å². The van der Waals surface area contributed by atoms with E-state index in [-0.39, 0.29) is 35.8 Å². The maximum Gasteiger partial charge on any atom is 0.312 e. The number of amides is 2. The Morgan fingerprint density at radius 1 is 1.31 bits per heavy atom. The van der Waals surface area contributed by atoms with Gasteiger partial charge in [-0.1, -0.05) is 29.8 Å². The molecule has 1 unspecified atom stereocenters. The molecule has 2 amide bonds. The van der Waals surface area contributed by atoms with Crippen molar-refractivity contribution in [3.8, 4) is 0 Å². The molecule has 1 spiro atoms. The summed E-state index contributed by atoms with van der Waals surface area (Å²) in [5.41, 5.74) is -1.14. The zero-order valence-electron chi connectivity index (χ0n) is 20.8. The molecular weight excluding hydrogens is 522 g/mol. The molecule has 0 saturated carbocycles. The van der Waals surface area contributed by atoms with Gasteiger partial charge in [0.2, 0.25) is 11.8 Å². The Labute approximate surface area is 215 Å². The number of rotatable bonds is 10. The summed E-state index contributed by atoms with van der Waals surface area (Å²) < 4.78 is 17.1. The van der Waals surface area contributed by atoms with Crippen molar-refractivity contribution in [2.24, 2.45) is 17.8 Å². The van der Waals surface area contributed by atoms with Crippen molar-refractivity contribution in [1.82, 2.24) is 15.1 Å². The van der Waals surface area contributed by atoms with Crippen LogP contribution in [0.4, 0.5) is 0 Å². The molecule has 4 fully saturated rings. The second-order valence-electron chi connectivity index (χ2n) is 10.4. The van der Waals surface area contributed by atoms with Gasteiger partial charge in [0.05, 0.1) is 50.4 Å². The van der Waals surface area contributed by atoms with Gasteiger partial charge in [-0.05, 0) is 25.7 Å². The van der Waals surface area contributed by atoms with Gasteiger partial charge in [-0.15, -0.1) is 0 Å². The first-order valence-corrected chi connectivity index (χ1v) is 13.7. The number of nitrogens with one attached hydrogen (secondary N) is 1. The first-order chi connectivity index (χ1) is 16.7. The van der Waals surface area contributed by atoms with E-state index < -0.39 is 41.6 Å². The number of fused-ring (bicyclic) bond motifs is 1. The number of ether oxygens (including phenoxy) is 3. The van der Waals surface area contributed by atoms with Crippen molar-refractivity contribution in [3.63, 3.8) is 0 Å². The molecule has 11 heteroatoms. The minimum atomic E-state index is -1.14. The summed E-state index contributed by atoms with van der Waals surface area (Å²) in [5.74, 6) is -2.48. The number of esters is 1. The summed E-state index contributed by atoms with van der Waals surface area (Å²) in [6.45, 7) is 9.76. The van der Waals surface area contributed by atoms with Crippen LogP contribution in [-0.2, 0) is 28.6 Å². The Kier molecular flexibility index (Phi) is 8.42. The Balaban J connectivity index is 1.62. The van der Waals surface area contributed by atoms with E-state index in [1.807, 2.05) is 13.8 Å². The Hall–Kier alpha value is -1.27. The summed E-state index contributed by atoms with van der Waals surface area (Å²) in [5, 5.41) is 13.3. The molecule has 0 aromatic heterocycles. The Morgan fingerprint density at radius 2 is 2.03 bits per heavy atom. The van der Waals surface area contributed by atoms with Crippen LogP contribution in [0.15, 0.2) is 0 Å². The maximum absolute atomic E-state index is 13.9. The predicted octanol–water partition coefficient (Wildman–Crippen LogP) is 0.153. The van der Waals surface area contributed by atoms with Crippen LogP contribution in [-0.4, -0.2) is 114 Å². The van der Waals surface area contributed by atoms with Crippen LogP contribution in [0.2, 0.25) is 0 Å². The first kappa shape index (κ1) is 26.8. The fraction of sp³-hybridized carbons (Fsp3) is 0.875. The van der Waals surface area contributed by atoms with Crippen LogP contribution in [0.3, 0.4) is 0 Å². The predicted molar refractivity (Wildman–Crippen MR) is 130 cm³/mol. The van der Waals surface area contributed by atoms with Crippen LogP contribution in [0.25, 0.3) is 0 Å². The molecule has 4 aliphatic rings. The number of hydrogen-bond donors (Lipinski definition) is 2. The van der Waals surface area contributed by atoms with Gasteiger partial charge >= 0.3 is 5.97 Å². The van der Waals surface area contributed by atoms with Crippen molar-refractivity contribution in [3.05, 3.63) is 0 Å². The SMILES string of the molecule is CCOC(=O)[C@@H]1[C@H]2O[C@@]3(CC2Br)[C@H](C(=O)NCCN2CCOCC2)N([C@@H](CO)CC(C)C)C(=O)[C@@H]13. The highest BCUT2D eigenvalue weighted by Crippen LogP contribution is 2.60. The van der Waals surface area contributed by atoms with Crippen molar-refractivity contribution < 1.29 is 33.7 Å². The van der Waals surface area contributed by atoms with Crippen molar-refractivity contribution in [2.45, 2.75) is 62.2 Å². The van der Waals surface area contributed by atoms with E-state index in [2.05, 4.69) is 26.1 Å². The number of carbonyl (C=O) groups is 3. The number of alkyl halides is 1. The highest BCUT2D eigenvalue weighted by molar-refractivity contribution is 9.09. The third kappa shape index (κ3) is 4.86. The van der Waals surface area contributed by atoms with E-state index in [0.29, 0.717) is 39.1 Å². The molecule has 35 heavy (non-hydrogen) atoms. The van der Waals surface area contributed by atoms with Crippen molar-refractivity contribution in [2.75, 3.05) is 52.6 Å². The number of halogens is 1. The van der Waals surface area contributed by atoms with Crippen LogP contribution in [0.1, 0.15) is 33.6 Å². The Bertz CT molecular complexity index is 808. The molecule has 4 heterocycles. The van der Waals surface area contributed by atoms with Gasteiger partial charge < -0.3 is 29.5 Å². The van der Waals surface area contributed by atoms with E-state index in [1.54, 1.807) is 6.92 Å². The first-order valence-electron chi connectivity index (χ1n) is 12.7. The molecule has 0 aromatic carbocycles. The highest BCUT2D eigenvalue weighted by atomic mass is 79.9. The molecule has 4 aliphatic heterocycles. The number of carbonyl (C=O) groups excluding carboxylic acids is 3. The summed E-state index contributed by atoms with van der Waals surface area (Å²) >= 11 is 3.64. The topological polar surface area (TPSA) is 118 Å². The van der Waals surface area contributed by atoms with E-state index in [1.165, 1.54) is 4.90 Å². The van der Waals surface area contributed by atoms with Crippen LogP contribution < -0.4 is 5.32 Å². The lowest BCUT2D eigenvalue weighted by molar-refractivity contribution is -0.155. The molecule has 0 aromatic rings. The largest absolute Gasteiger partial charge is 0.466 e. The lowest BCUT2D eigenvalue weighted by atomic mass is 9.70. The molecule has 0 aliphatic carbocycles. The van der Waals surface area contributed by atoms with Gasteiger partial charge in [0, 0.05) is 31.0 Å². The standard InChI is InChI=1S/C24H38BrN3O7/c1-4-34-23(32)17-18-22(31)28(15(13-29)11-14(2)3)20(24(18)12-16(25)19(17)35-24)21(30)26-5-6-27-7-9-33-10-8-27/h14-20,29H,4-13H2,1-3H3,(H,26,30)/t15-,16?,17+,18-,19+,20+,24-/m1/s1. The molecule has 4 rings (SSSR count). The third-order valence-electron chi connectivity index (χ3n) is 7.71. The summed E-state index contributed by atoms with van der Waals surface area (Å²) in [6.07, 6.45) is 0.432. The molecular formula is C24H38BrN3O7. The number of aliphatic hydroxyl groups is 1. The quantitative estimate of drug-likeness (QED) is 0.287. The number of nitrogens with zero attached hydrogens (tertiary/aromatic N) is 2. The average molecular weight is 560 g/mol. The molecule has 198 valence electrons. The molecule has 7 atom stereocenters. The minimum Gasteiger partial charge on any atom is -0.466 e. The maximum atomic E-state index is 13.9. The van der Waals surface area contributed by atoms with Gasteiger partial charge in [0.25, 0.3) is 0 Å². The van der Waals surface area contributed by atoms with Crippen molar-refractivity contribution in [1.29, 1.82) is 0 Å². The van der Waals surface area contributed by atoms with Gasteiger partial charge in [0.1, 0.15) is 11.6 Å². The highest BCUT2D eigenvalue weighted by Gasteiger charge is 2.77. The molecule has 2 N–H and O–H groups in total. The second kappa shape index (κ2) is 11.0. The molecule has 4 saturated heterocycles. The lowest BCUT2D eigenvalue weighted by Crippen LogP contribution is -2.59. The van der Waals surface area contributed by atoms with Gasteiger partial charge in [-0.2, -0.15) is 0 Å². The molecule has 10 nitrogen and oxygen atoms in total. The smallest absolute Gasteiger partial charge is 0.312 e. The lowest BCUT2D eigenvalue weighted by Gasteiger charge is -2.37. The average Bonchev–Trinajstić information content (AvgIpc) is 3.41. The summed E-state index contributed by atoms with van der Waals surface area (Å²) in [4.78, 5) is 44.2. The monoisotopic (exact) mass is 559 g/mol. The number of likely N-dealkylation sites (tertiary alicyclic amines) is 1. The molecule has 2 bridgehead atoms. The number of hydrogen-bond acceptors (Lipinski definition) is 8. The van der Waals surface area contributed by atoms with Crippen LogP contribution in [0, 0.1) is 17.8 Å². The van der Waals surface area contributed by atoms with E-state index >= 15 is 0 Å². The molecule has 0 radical (unpaired) electrons. The fourth-order valence-corrected chi connectivity index (χ4v) is 7.29. The van der Waals surface area contributed by atoms with Crippen LogP contribution in [0.5, 0.6) is 0 Å². The van der Waals surface area contributed by atoms with E-state index in [0.717, 1.165) is 13.1 Å². The van der Waals surface area contributed by atoms with Gasteiger partial charge in [-0.3, -0.25) is 19.3 Å². The number of morpholine rings is 1. The fourth-order valence-electron chi connectivity index (χ4n) is 6.35. The summed E-state index contributed by atoms with van der Waals surface area (Å²) in [7, 11) is 0. The Morgan fingerprint density at radius 3 is 2.66 bits per heavy atom. The van der Waals surface area contributed by atoms with Gasteiger partial charge in [0.15, 0.2) is 0 Å². The van der Waals surface area contributed by atoms with E-state index in [9.17, 15) is 19.5 Å². The third-order valence-corrected chi connectivity index (χ3v) is 8.56. The van der Waals surface area contributed by atoms with Crippen molar-refractivity contribution >= 4 is 33.7 Å². The number of aliphatic hydroxyl groups excluding tert-OH is 1. The summed E-state index contributed by atoms with van der Waals surface area (Å²) in [6, 6.07) is -1.47. The minimum absolute atomic E-state index is 0.178. The van der Waals surface area contributed by atoms with Gasteiger partial charge in [-0.25, -0.2) is 0 Å². The second-order valence-corrected chi connectivity index (χ2v) is 11.5. The normalized spacial score (nSPS) is 35.4. The van der Waals surface area contributed by atoms with Crippen LogP contribution >= 0.6 is 15.9 Å².